The maximum absolute atomic E-state index is 12.7. The number of nitrogens with one attached hydrogen (secondary N) is 1. The maximum Gasteiger partial charge on any atom is 0.255 e. The van der Waals surface area contributed by atoms with Crippen molar-refractivity contribution in [3.05, 3.63) is 63.9 Å². The highest BCUT2D eigenvalue weighted by Gasteiger charge is 2.17. The number of aromatic nitrogens is 2. The van der Waals surface area contributed by atoms with Crippen LogP contribution in [0.15, 0.2) is 36.4 Å². The van der Waals surface area contributed by atoms with Crippen molar-refractivity contribution >= 4 is 40.1 Å². The van der Waals surface area contributed by atoms with Crippen LogP contribution in [-0.2, 0) is 0 Å². The van der Waals surface area contributed by atoms with Crippen LogP contribution in [0.4, 0.5) is 5.69 Å². The van der Waals surface area contributed by atoms with Gasteiger partial charge in [0.05, 0.1) is 33.0 Å². The van der Waals surface area contributed by atoms with E-state index in [0.717, 1.165) is 16.9 Å². The number of amides is 2. The van der Waals surface area contributed by atoms with Crippen LogP contribution in [0.5, 0.6) is 0 Å². The quantitative estimate of drug-likeness (QED) is 0.665. The fourth-order valence-electron chi connectivity index (χ4n) is 3.02. The van der Waals surface area contributed by atoms with E-state index in [4.69, 9.17) is 11.6 Å². The summed E-state index contributed by atoms with van der Waals surface area (Å²) in [6.07, 6.45) is 0. The van der Waals surface area contributed by atoms with E-state index in [1.807, 2.05) is 27.7 Å². The van der Waals surface area contributed by atoms with Crippen molar-refractivity contribution < 1.29 is 9.59 Å². The number of hydrogen-bond acceptors (Lipinski definition) is 4. The minimum absolute atomic E-state index is 0.128. The summed E-state index contributed by atoms with van der Waals surface area (Å²) in [6, 6.07) is 10.1. The van der Waals surface area contributed by atoms with E-state index in [1.165, 1.54) is 0 Å². The zero-order chi connectivity index (χ0) is 21.1. The predicted molar refractivity (Wildman–Crippen MR) is 116 cm³/mol. The Morgan fingerprint density at radius 1 is 0.966 bits per heavy atom. The van der Waals surface area contributed by atoms with Gasteiger partial charge in [-0.25, -0.2) is 9.97 Å². The van der Waals surface area contributed by atoms with Gasteiger partial charge in [0, 0.05) is 24.3 Å². The second kappa shape index (κ2) is 8.57. The van der Waals surface area contributed by atoms with Crippen molar-refractivity contribution in [2.24, 2.45) is 0 Å². The normalized spacial score (nSPS) is 10.8. The molecule has 1 N–H and O–H groups in total. The van der Waals surface area contributed by atoms with Crippen molar-refractivity contribution in [1.29, 1.82) is 0 Å². The molecule has 2 amide bonds. The molecule has 0 saturated carbocycles. The van der Waals surface area contributed by atoms with Crippen LogP contribution in [0.25, 0.3) is 11.0 Å². The van der Waals surface area contributed by atoms with Gasteiger partial charge in [0.15, 0.2) is 0 Å². The molecule has 6 nitrogen and oxygen atoms in total. The zero-order valence-corrected chi connectivity index (χ0v) is 17.7. The van der Waals surface area contributed by atoms with Gasteiger partial charge < -0.3 is 10.2 Å². The summed E-state index contributed by atoms with van der Waals surface area (Å²) in [5, 5.41) is 3.12. The highest BCUT2D eigenvalue weighted by Crippen LogP contribution is 2.23. The van der Waals surface area contributed by atoms with Gasteiger partial charge in [-0.1, -0.05) is 11.6 Å². The molecule has 0 bridgehead atoms. The lowest BCUT2D eigenvalue weighted by Gasteiger charge is -2.19. The number of rotatable bonds is 5. The SMILES string of the molecule is CCN(CC)C(=O)c1ccc(NC(=O)c2ccc3nc(C)c(C)nc3c2)cc1Cl. The van der Waals surface area contributed by atoms with E-state index in [9.17, 15) is 9.59 Å². The molecule has 150 valence electrons. The van der Waals surface area contributed by atoms with Gasteiger partial charge in [-0.15, -0.1) is 0 Å². The lowest BCUT2D eigenvalue weighted by Crippen LogP contribution is -2.30. The molecule has 3 rings (SSSR count). The summed E-state index contributed by atoms with van der Waals surface area (Å²) < 4.78 is 0. The molecular formula is C22H23ClN4O2. The molecule has 0 fully saturated rings. The fraction of sp³-hybridized carbons (Fsp3) is 0.273. The molecule has 0 unspecified atom stereocenters. The molecule has 0 radical (unpaired) electrons. The average Bonchev–Trinajstić information content (AvgIpc) is 2.69. The second-order valence-corrected chi connectivity index (χ2v) is 7.13. The van der Waals surface area contributed by atoms with E-state index < -0.39 is 0 Å². The van der Waals surface area contributed by atoms with Gasteiger partial charge in [0.2, 0.25) is 0 Å². The third kappa shape index (κ3) is 4.38. The largest absolute Gasteiger partial charge is 0.339 e. The third-order valence-electron chi connectivity index (χ3n) is 4.85. The summed E-state index contributed by atoms with van der Waals surface area (Å²) in [7, 11) is 0. The Labute approximate surface area is 174 Å². The number of nitrogens with zero attached hydrogens (tertiary/aromatic N) is 3. The van der Waals surface area contributed by atoms with Crippen molar-refractivity contribution in [1.82, 2.24) is 14.9 Å². The van der Waals surface area contributed by atoms with E-state index in [1.54, 1.807) is 41.3 Å². The van der Waals surface area contributed by atoms with E-state index >= 15 is 0 Å². The standard InChI is InChI=1S/C22H23ClN4O2/c1-5-27(6-2)22(29)17-9-8-16(12-18(17)23)26-21(28)15-7-10-19-20(11-15)25-14(4)13(3)24-19/h7-12H,5-6H2,1-4H3,(H,26,28). The van der Waals surface area contributed by atoms with Crippen LogP contribution in [0.3, 0.4) is 0 Å². The Bertz CT molecular complexity index is 1090. The van der Waals surface area contributed by atoms with Gasteiger partial charge in [-0.2, -0.15) is 0 Å². The first-order valence-corrected chi connectivity index (χ1v) is 9.87. The van der Waals surface area contributed by atoms with Crippen LogP contribution >= 0.6 is 11.6 Å². The van der Waals surface area contributed by atoms with E-state index in [-0.39, 0.29) is 11.8 Å². The molecular weight excluding hydrogens is 388 g/mol. The monoisotopic (exact) mass is 410 g/mol. The van der Waals surface area contributed by atoms with Gasteiger partial charge in [0.1, 0.15) is 0 Å². The summed E-state index contributed by atoms with van der Waals surface area (Å²) in [6.45, 7) is 8.83. The third-order valence-corrected chi connectivity index (χ3v) is 5.16. The van der Waals surface area contributed by atoms with Crippen molar-refractivity contribution in [2.75, 3.05) is 18.4 Å². The molecule has 0 aliphatic heterocycles. The first-order chi connectivity index (χ1) is 13.8. The number of anilines is 1. The van der Waals surface area contributed by atoms with Crippen molar-refractivity contribution in [3.63, 3.8) is 0 Å². The summed E-state index contributed by atoms with van der Waals surface area (Å²) >= 11 is 6.31. The number of carbonyl (C=O) groups is 2. The highest BCUT2D eigenvalue weighted by molar-refractivity contribution is 6.34. The van der Waals surface area contributed by atoms with Crippen molar-refractivity contribution in [2.45, 2.75) is 27.7 Å². The van der Waals surface area contributed by atoms with Crippen LogP contribution < -0.4 is 5.32 Å². The zero-order valence-electron chi connectivity index (χ0n) is 16.9. The Hall–Kier alpha value is -2.99. The Morgan fingerprint density at radius 3 is 2.24 bits per heavy atom. The minimum atomic E-state index is -0.286. The average molecular weight is 411 g/mol. The van der Waals surface area contributed by atoms with Crippen LogP contribution in [0.1, 0.15) is 46.0 Å². The molecule has 29 heavy (non-hydrogen) atoms. The summed E-state index contributed by atoms with van der Waals surface area (Å²) in [5.74, 6) is -0.414. The van der Waals surface area contributed by atoms with Gasteiger partial charge in [-0.3, -0.25) is 9.59 Å². The lowest BCUT2D eigenvalue weighted by molar-refractivity contribution is 0.0773. The molecule has 1 heterocycles. The molecule has 0 saturated heterocycles. The number of carbonyl (C=O) groups excluding carboxylic acids is 2. The fourth-order valence-corrected chi connectivity index (χ4v) is 3.28. The Morgan fingerprint density at radius 2 is 1.62 bits per heavy atom. The van der Waals surface area contributed by atoms with Gasteiger partial charge in [-0.05, 0) is 64.1 Å². The first-order valence-electron chi connectivity index (χ1n) is 9.49. The Balaban J connectivity index is 1.82. The first kappa shape index (κ1) is 20.7. The summed E-state index contributed by atoms with van der Waals surface area (Å²) in [4.78, 5) is 35.8. The molecule has 3 aromatic rings. The summed E-state index contributed by atoms with van der Waals surface area (Å²) in [5.41, 5.74) is 4.50. The van der Waals surface area contributed by atoms with Crippen LogP contribution in [0, 0.1) is 13.8 Å². The van der Waals surface area contributed by atoms with Crippen LogP contribution in [-0.4, -0.2) is 39.8 Å². The molecule has 7 heteroatoms. The number of hydrogen-bond donors (Lipinski definition) is 1. The molecule has 1 aromatic heterocycles. The van der Waals surface area contributed by atoms with E-state index in [2.05, 4.69) is 15.3 Å². The molecule has 2 aromatic carbocycles. The number of benzene rings is 2. The Kier molecular flexibility index (Phi) is 6.13. The van der Waals surface area contributed by atoms with Gasteiger partial charge >= 0.3 is 0 Å². The number of aryl methyl sites for hydroxylation is 2. The molecule has 0 aliphatic carbocycles. The van der Waals surface area contributed by atoms with E-state index in [0.29, 0.717) is 40.4 Å². The second-order valence-electron chi connectivity index (χ2n) is 6.72. The smallest absolute Gasteiger partial charge is 0.255 e. The number of fused-ring (bicyclic) bond motifs is 1. The lowest BCUT2D eigenvalue weighted by atomic mass is 10.1. The highest BCUT2D eigenvalue weighted by atomic mass is 35.5. The topological polar surface area (TPSA) is 75.2 Å². The maximum atomic E-state index is 12.7. The molecule has 0 atom stereocenters. The predicted octanol–water partition coefficient (Wildman–Crippen LogP) is 4.63. The van der Waals surface area contributed by atoms with Crippen molar-refractivity contribution in [3.8, 4) is 0 Å². The van der Waals surface area contributed by atoms with Gasteiger partial charge in [0.25, 0.3) is 11.8 Å². The molecule has 0 aliphatic rings. The minimum Gasteiger partial charge on any atom is -0.339 e. The van der Waals surface area contributed by atoms with Crippen LogP contribution in [0.2, 0.25) is 5.02 Å². The number of halogens is 1. The molecule has 0 spiro atoms.